The smallest absolute Gasteiger partial charge is 0.475 e. The van der Waals surface area contributed by atoms with Gasteiger partial charge in [0.15, 0.2) is 5.96 Å². The van der Waals surface area contributed by atoms with Crippen LogP contribution in [0.25, 0.3) is 0 Å². The summed E-state index contributed by atoms with van der Waals surface area (Å²) in [6.45, 7) is 0.946. The van der Waals surface area contributed by atoms with Crippen LogP contribution in [0.1, 0.15) is 19.8 Å². The molecule has 0 aliphatic carbocycles. The van der Waals surface area contributed by atoms with Crippen molar-refractivity contribution in [3.05, 3.63) is 30.3 Å². The quantitative estimate of drug-likeness (QED) is 0.130. The van der Waals surface area contributed by atoms with Gasteiger partial charge in [-0.05, 0) is 31.9 Å². The molecule has 1 unspecified atom stereocenters. The molecular weight excluding hydrogens is 541 g/mol. The van der Waals surface area contributed by atoms with Gasteiger partial charge in [-0.15, -0.1) is 0 Å². The second kappa shape index (κ2) is 13.9. The lowest BCUT2D eigenvalue weighted by atomic mass is 10.0. The second-order valence-corrected chi connectivity index (χ2v) is 9.67. The minimum atomic E-state index is -5.08. The van der Waals surface area contributed by atoms with Crippen LogP contribution in [0, 0.1) is 5.41 Å². The Kier molecular flexibility index (Phi) is 11.9. The van der Waals surface area contributed by atoms with E-state index in [1.807, 2.05) is 0 Å². The summed E-state index contributed by atoms with van der Waals surface area (Å²) in [7, 11) is -4.06. The largest absolute Gasteiger partial charge is 0.490 e. The topological polar surface area (TPSA) is 235 Å². The zero-order valence-corrected chi connectivity index (χ0v) is 20.8. The van der Waals surface area contributed by atoms with Crippen LogP contribution < -0.4 is 21.1 Å². The molecule has 1 aliphatic heterocycles. The molecule has 214 valence electrons. The summed E-state index contributed by atoms with van der Waals surface area (Å²) in [6, 6.07) is 4.05. The van der Waals surface area contributed by atoms with Gasteiger partial charge < -0.3 is 36.6 Å². The van der Waals surface area contributed by atoms with E-state index >= 15 is 0 Å². The first-order valence-corrected chi connectivity index (χ1v) is 12.4. The number of benzene rings is 1. The summed E-state index contributed by atoms with van der Waals surface area (Å²) in [5.41, 5.74) is 5.42. The SMILES string of the molecule is C[C@H](NC(=O)[C@@H](CO)NS(=O)(=O)c1ccccc1)C(=O)N[C@H]1CCCN(C(=N)N)C1O.O=C(O)C(F)(F)F. The van der Waals surface area contributed by atoms with Gasteiger partial charge in [0.05, 0.1) is 17.5 Å². The number of amides is 2. The molecule has 1 aromatic rings. The molecule has 2 rings (SSSR count). The van der Waals surface area contributed by atoms with E-state index in [1.165, 1.54) is 36.1 Å². The van der Waals surface area contributed by atoms with Crippen molar-refractivity contribution in [1.29, 1.82) is 5.41 Å². The summed E-state index contributed by atoms with van der Waals surface area (Å²) >= 11 is 0. The molecule has 1 heterocycles. The number of carbonyl (C=O) groups excluding carboxylic acids is 2. The Morgan fingerprint density at radius 2 is 1.76 bits per heavy atom. The lowest BCUT2D eigenvalue weighted by Gasteiger charge is -2.38. The van der Waals surface area contributed by atoms with E-state index in [0.29, 0.717) is 19.4 Å². The number of carbonyl (C=O) groups is 3. The highest BCUT2D eigenvalue weighted by atomic mass is 32.2. The Morgan fingerprint density at radius 1 is 1.21 bits per heavy atom. The number of alkyl halides is 3. The first-order chi connectivity index (χ1) is 17.5. The normalized spacial score (nSPS) is 19.3. The number of halogens is 3. The zero-order chi connectivity index (χ0) is 29.3. The average molecular weight is 571 g/mol. The fourth-order valence-electron chi connectivity index (χ4n) is 3.11. The van der Waals surface area contributed by atoms with E-state index in [0.717, 1.165) is 0 Å². The van der Waals surface area contributed by atoms with Crippen molar-refractivity contribution in [2.45, 2.75) is 55.2 Å². The van der Waals surface area contributed by atoms with Gasteiger partial charge in [-0.2, -0.15) is 17.9 Å². The van der Waals surface area contributed by atoms with Gasteiger partial charge in [0.25, 0.3) is 0 Å². The van der Waals surface area contributed by atoms with Crippen LogP contribution in [0.3, 0.4) is 0 Å². The summed E-state index contributed by atoms with van der Waals surface area (Å²) in [5.74, 6) is -4.58. The molecule has 38 heavy (non-hydrogen) atoms. The Balaban J connectivity index is 0.000000905. The molecule has 4 atom stereocenters. The molecule has 1 aromatic carbocycles. The van der Waals surface area contributed by atoms with Crippen LogP contribution >= 0.6 is 0 Å². The van der Waals surface area contributed by atoms with E-state index in [9.17, 15) is 41.4 Å². The third kappa shape index (κ3) is 9.77. The van der Waals surface area contributed by atoms with Crippen molar-refractivity contribution in [3.8, 4) is 0 Å². The van der Waals surface area contributed by atoms with Crippen molar-refractivity contribution in [1.82, 2.24) is 20.3 Å². The lowest BCUT2D eigenvalue weighted by molar-refractivity contribution is -0.192. The molecular formula is C20H29F3N6O8S. The maximum Gasteiger partial charge on any atom is 0.490 e. The molecule has 0 spiro atoms. The van der Waals surface area contributed by atoms with Gasteiger partial charge in [-0.25, -0.2) is 13.2 Å². The molecule has 0 bridgehead atoms. The number of nitrogens with two attached hydrogens (primary N) is 1. The van der Waals surface area contributed by atoms with E-state index < -0.39 is 64.9 Å². The van der Waals surface area contributed by atoms with Crippen LogP contribution in [-0.2, 0) is 24.4 Å². The molecule has 18 heteroatoms. The van der Waals surface area contributed by atoms with E-state index in [4.69, 9.17) is 21.0 Å². The molecule has 1 fully saturated rings. The van der Waals surface area contributed by atoms with Gasteiger partial charge in [0.1, 0.15) is 18.3 Å². The molecule has 0 aromatic heterocycles. The summed E-state index contributed by atoms with van der Waals surface area (Å²) < 4.78 is 58.6. The molecule has 14 nitrogen and oxygen atoms in total. The third-order valence-corrected chi connectivity index (χ3v) is 6.56. The fourth-order valence-corrected chi connectivity index (χ4v) is 4.31. The van der Waals surface area contributed by atoms with Gasteiger partial charge in [0.2, 0.25) is 21.8 Å². The molecule has 0 saturated carbocycles. The van der Waals surface area contributed by atoms with E-state index in [-0.39, 0.29) is 10.9 Å². The number of piperidine rings is 1. The molecule has 2 amide bonds. The highest BCUT2D eigenvalue weighted by Crippen LogP contribution is 2.16. The maximum absolute atomic E-state index is 12.4. The summed E-state index contributed by atoms with van der Waals surface area (Å²) in [6.07, 6.45) is -5.22. The van der Waals surface area contributed by atoms with Gasteiger partial charge in [0, 0.05) is 6.54 Å². The van der Waals surface area contributed by atoms with Crippen LogP contribution in [0.4, 0.5) is 13.2 Å². The van der Waals surface area contributed by atoms with Crippen LogP contribution in [0.5, 0.6) is 0 Å². The van der Waals surface area contributed by atoms with Crippen molar-refractivity contribution in [3.63, 3.8) is 0 Å². The number of aliphatic hydroxyl groups is 2. The first kappa shape index (κ1) is 32.5. The zero-order valence-electron chi connectivity index (χ0n) is 20.0. The Morgan fingerprint density at radius 3 is 2.24 bits per heavy atom. The third-order valence-electron chi connectivity index (χ3n) is 5.07. The van der Waals surface area contributed by atoms with E-state index in [2.05, 4.69) is 15.4 Å². The van der Waals surface area contributed by atoms with Gasteiger partial charge in [-0.1, -0.05) is 18.2 Å². The monoisotopic (exact) mass is 570 g/mol. The number of aliphatic carboxylic acids is 1. The minimum absolute atomic E-state index is 0.0756. The van der Waals surface area contributed by atoms with Crippen molar-refractivity contribution >= 4 is 33.8 Å². The number of guanidine groups is 1. The minimum Gasteiger partial charge on any atom is -0.475 e. The summed E-state index contributed by atoms with van der Waals surface area (Å²) in [4.78, 5) is 34.9. The lowest BCUT2D eigenvalue weighted by Crippen LogP contribution is -2.61. The number of sulfonamides is 1. The van der Waals surface area contributed by atoms with Gasteiger partial charge >= 0.3 is 12.1 Å². The van der Waals surface area contributed by atoms with Crippen LogP contribution in [0.15, 0.2) is 35.2 Å². The predicted molar refractivity (Wildman–Crippen MR) is 125 cm³/mol. The number of likely N-dealkylation sites (tertiary alicyclic amines) is 1. The number of carboxylic acid groups (broad SMARTS) is 1. The van der Waals surface area contributed by atoms with Crippen molar-refractivity contribution < 1.29 is 51.3 Å². The number of carboxylic acids is 1. The predicted octanol–water partition coefficient (Wildman–Crippen LogP) is -1.74. The molecule has 9 N–H and O–H groups in total. The Bertz CT molecular complexity index is 1090. The molecule has 1 saturated heterocycles. The number of nitrogens with one attached hydrogen (secondary N) is 4. The van der Waals surface area contributed by atoms with Crippen LogP contribution in [-0.4, -0.2) is 96.1 Å². The standard InChI is InChI=1S/C18H28N6O6S.C2HF3O2/c1-11(15(26)22-13-8-5-9-24(17(13)28)18(19)20)21-16(27)14(10-25)23-31(29,30)12-6-3-2-4-7-12;3-2(4,5)1(6)7/h2-4,6-7,11,13-14,17,23,25,28H,5,8-10H2,1H3,(H3,19,20)(H,21,27)(H,22,26);(H,6,7)/t11-,13-,14+,17?;/m0./s1. The number of nitrogens with zero attached hydrogens (tertiary/aromatic N) is 1. The first-order valence-electron chi connectivity index (χ1n) is 10.9. The van der Waals surface area contributed by atoms with Gasteiger partial charge in [-0.3, -0.25) is 15.0 Å². The van der Waals surface area contributed by atoms with Crippen molar-refractivity contribution in [2.75, 3.05) is 13.2 Å². The van der Waals surface area contributed by atoms with E-state index in [1.54, 1.807) is 6.07 Å². The second-order valence-electron chi connectivity index (χ2n) is 7.95. The van der Waals surface area contributed by atoms with Crippen LogP contribution in [0.2, 0.25) is 0 Å². The molecule has 1 aliphatic rings. The highest BCUT2D eigenvalue weighted by molar-refractivity contribution is 7.89. The summed E-state index contributed by atoms with van der Waals surface area (Å²) in [5, 5.41) is 39.3. The number of hydrogen-bond acceptors (Lipinski definition) is 8. The number of aliphatic hydroxyl groups excluding tert-OH is 2. The number of hydrogen-bond donors (Lipinski definition) is 8. The number of rotatable bonds is 8. The van der Waals surface area contributed by atoms with Crippen molar-refractivity contribution in [2.24, 2.45) is 5.73 Å². The Labute approximate surface area is 215 Å². The maximum atomic E-state index is 12.4. The Hall–Kier alpha value is -3.48. The average Bonchev–Trinajstić information content (AvgIpc) is 2.83. The highest BCUT2D eigenvalue weighted by Gasteiger charge is 2.38. The molecule has 0 radical (unpaired) electrons. The fraction of sp³-hybridized carbons (Fsp3) is 0.500.